The minimum atomic E-state index is 0.703. The topological polar surface area (TPSA) is 27.7 Å². The molecule has 16 heavy (non-hydrogen) atoms. The number of rotatable bonds is 4. The molecule has 3 nitrogen and oxygen atoms in total. The van der Waals surface area contributed by atoms with Crippen molar-refractivity contribution in [1.29, 1.82) is 0 Å². The van der Waals surface area contributed by atoms with Crippen LogP contribution in [0.25, 0.3) is 5.57 Å². The summed E-state index contributed by atoms with van der Waals surface area (Å²) in [5.74, 6) is 2.14. The van der Waals surface area contributed by atoms with Crippen molar-refractivity contribution >= 4 is 5.57 Å². The Labute approximate surface area is 96.6 Å². The second kappa shape index (κ2) is 5.45. The van der Waals surface area contributed by atoms with Gasteiger partial charge in [0, 0.05) is 12.1 Å². The molecule has 0 aromatic heterocycles. The highest BCUT2D eigenvalue weighted by atomic mass is 16.5. The molecule has 1 rings (SSSR count). The zero-order chi connectivity index (χ0) is 12.1. The van der Waals surface area contributed by atoms with Crippen LogP contribution in [-0.2, 0) is 0 Å². The van der Waals surface area contributed by atoms with E-state index in [4.69, 9.17) is 14.2 Å². The van der Waals surface area contributed by atoms with Crippen LogP contribution in [0.2, 0.25) is 0 Å². The van der Waals surface area contributed by atoms with Crippen molar-refractivity contribution in [3.63, 3.8) is 0 Å². The summed E-state index contributed by atoms with van der Waals surface area (Å²) in [6, 6.07) is 3.65. The Balaban J connectivity index is 3.43. The van der Waals surface area contributed by atoms with E-state index in [-0.39, 0.29) is 0 Å². The van der Waals surface area contributed by atoms with E-state index in [1.165, 1.54) is 0 Å². The van der Waals surface area contributed by atoms with Gasteiger partial charge in [-0.3, -0.25) is 0 Å². The van der Waals surface area contributed by atoms with Gasteiger partial charge >= 0.3 is 0 Å². The highest BCUT2D eigenvalue weighted by molar-refractivity contribution is 5.75. The van der Waals surface area contributed by atoms with E-state index in [9.17, 15) is 0 Å². The zero-order valence-corrected chi connectivity index (χ0v) is 10.2. The van der Waals surface area contributed by atoms with Crippen LogP contribution in [0.4, 0.5) is 0 Å². The quantitative estimate of drug-likeness (QED) is 0.782. The lowest BCUT2D eigenvalue weighted by Gasteiger charge is -2.15. The van der Waals surface area contributed by atoms with Gasteiger partial charge in [-0.1, -0.05) is 6.08 Å². The third-order valence-electron chi connectivity index (χ3n) is 2.42. The number of ether oxygens (including phenoxy) is 3. The molecule has 1 radical (unpaired) electrons. The fraction of sp³-hybridized carbons (Fsp3) is 0.308. The molecular formula is C13H17O3. The molecule has 0 aliphatic carbocycles. The smallest absolute Gasteiger partial charge is 0.133 e. The fourth-order valence-corrected chi connectivity index (χ4v) is 1.50. The van der Waals surface area contributed by atoms with E-state index >= 15 is 0 Å². The van der Waals surface area contributed by atoms with Crippen molar-refractivity contribution < 1.29 is 14.2 Å². The molecule has 0 heterocycles. The molecule has 0 unspecified atom stereocenters. The molecule has 0 saturated carbocycles. The molecule has 0 fully saturated rings. The maximum atomic E-state index is 5.32. The molecule has 0 N–H and O–H groups in total. The van der Waals surface area contributed by atoms with Crippen molar-refractivity contribution in [2.75, 3.05) is 21.3 Å². The average molecular weight is 221 g/mol. The van der Waals surface area contributed by atoms with Crippen LogP contribution in [0, 0.1) is 6.92 Å². The van der Waals surface area contributed by atoms with Gasteiger partial charge in [-0.25, -0.2) is 0 Å². The molecule has 0 amide bonds. The van der Waals surface area contributed by atoms with E-state index in [0.717, 1.165) is 11.1 Å². The largest absolute Gasteiger partial charge is 0.496 e. The van der Waals surface area contributed by atoms with Crippen molar-refractivity contribution in [1.82, 2.24) is 0 Å². The Morgan fingerprint density at radius 3 is 1.88 bits per heavy atom. The first kappa shape index (κ1) is 12.4. The minimum absolute atomic E-state index is 0.703. The van der Waals surface area contributed by atoms with E-state index in [1.807, 2.05) is 19.1 Å². The standard InChI is InChI=1S/C13H17O3/c1-6-9(2)13-11(15-4)7-10(14-3)8-12(13)16-5/h6-8H,1H2,2-5H3/b9-6-. The molecule has 0 aliphatic rings. The molecule has 0 saturated heterocycles. The van der Waals surface area contributed by atoms with E-state index in [0.29, 0.717) is 17.2 Å². The summed E-state index contributed by atoms with van der Waals surface area (Å²) in [6.07, 6.45) is 1.77. The van der Waals surface area contributed by atoms with Crippen LogP contribution in [0.3, 0.4) is 0 Å². The SMILES string of the molecule is [CH2]/C=C(/C)c1c(OC)cc(OC)cc1OC. The van der Waals surface area contributed by atoms with Crippen molar-refractivity contribution in [2.24, 2.45) is 0 Å². The highest BCUT2D eigenvalue weighted by Gasteiger charge is 2.13. The van der Waals surface area contributed by atoms with Crippen LogP contribution >= 0.6 is 0 Å². The van der Waals surface area contributed by atoms with Gasteiger partial charge in [0.05, 0.1) is 26.9 Å². The lowest BCUT2D eigenvalue weighted by Crippen LogP contribution is -1.96. The fourth-order valence-electron chi connectivity index (χ4n) is 1.50. The Morgan fingerprint density at radius 1 is 1.06 bits per heavy atom. The van der Waals surface area contributed by atoms with Crippen LogP contribution in [0.15, 0.2) is 18.2 Å². The molecule has 0 bridgehead atoms. The number of hydrogen-bond donors (Lipinski definition) is 0. The maximum absolute atomic E-state index is 5.32. The Hall–Kier alpha value is -1.64. The number of hydrogen-bond acceptors (Lipinski definition) is 3. The molecular weight excluding hydrogens is 204 g/mol. The molecule has 1 aromatic rings. The third kappa shape index (κ3) is 2.30. The summed E-state index contributed by atoms with van der Waals surface area (Å²) in [5, 5.41) is 0. The molecule has 0 atom stereocenters. The number of methoxy groups -OCH3 is 3. The van der Waals surface area contributed by atoms with Gasteiger partial charge in [-0.05, 0) is 19.4 Å². The summed E-state index contributed by atoms with van der Waals surface area (Å²) in [5.41, 5.74) is 1.90. The summed E-state index contributed by atoms with van der Waals surface area (Å²) in [6.45, 7) is 5.71. The van der Waals surface area contributed by atoms with E-state index < -0.39 is 0 Å². The summed E-state index contributed by atoms with van der Waals surface area (Å²) < 4.78 is 15.8. The van der Waals surface area contributed by atoms with Crippen LogP contribution < -0.4 is 14.2 Å². The second-order valence-corrected chi connectivity index (χ2v) is 3.29. The van der Waals surface area contributed by atoms with Crippen LogP contribution in [-0.4, -0.2) is 21.3 Å². The van der Waals surface area contributed by atoms with Crippen molar-refractivity contribution in [3.8, 4) is 17.2 Å². The van der Waals surface area contributed by atoms with Crippen LogP contribution in [0.5, 0.6) is 17.2 Å². The molecule has 0 aliphatic heterocycles. The van der Waals surface area contributed by atoms with Gasteiger partial charge in [-0.2, -0.15) is 0 Å². The van der Waals surface area contributed by atoms with Crippen molar-refractivity contribution in [3.05, 3.63) is 30.7 Å². The van der Waals surface area contributed by atoms with E-state index in [2.05, 4.69) is 6.92 Å². The van der Waals surface area contributed by atoms with Crippen LogP contribution in [0.1, 0.15) is 12.5 Å². The van der Waals surface area contributed by atoms with E-state index in [1.54, 1.807) is 27.4 Å². The van der Waals surface area contributed by atoms with Crippen molar-refractivity contribution in [2.45, 2.75) is 6.92 Å². The number of benzene rings is 1. The predicted molar refractivity (Wildman–Crippen MR) is 65.1 cm³/mol. The Kier molecular flexibility index (Phi) is 4.23. The maximum Gasteiger partial charge on any atom is 0.133 e. The minimum Gasteiger partial charge on any atom is -0.496 e. The summed E-state index contributed by atoms with van der Waals surface area (Å²) in [4.78, 5) is 0. The molecule has 3 heteroatoms. The van der Waals surface area contributed by atoms with Gasteiger partial charge in [-0.15, -0.1) is 0 Å². The predicted octanol–water partition coefficient (Wildman–Crippen LogP) is 2.95. The molecule has 1 aromatic carbocycles. The lowest BCUT2D eigenvalue weighted by molar-refractivity contribution is 0.373. The molecule has 0 spiro atoms. The lowest BCUT2D eigenvalue weighted by atomic mass is 10.0. The monoisotopic (exact) mass is 221 g/mol. The van der Waals surface area contributed by atoms with Gasteiger partial charge in [0.25, 0.3) is 0 Å². The Morgan fingerprint density at radius 2 is 1.56 bits per heavy atom. The zero-order valence-electron chi connectivity index (χ0n) is 10.2. The van der Waals surface area contributed by atoms with Gasteiger partial charge in [0.15, 0.2) is 0 Å². The average Bonchev–Trinajstić information content (AvgIpc) is 2.35. The summed E-state index contributed by atoms with van der Waals surface area (Å²) >= 11 is 0. The highest BCUT2D eigenvalue weighted by Crippen LogP contribution is 2.38. The Bertz CT molecular complexity index is 369. The summed E-state index contributed by atoms with van der Waals surface area (Å²) in [7, 11) is 4.85. The molecule has 87 valence electrons. The first-order valence-electron chi connectivity index (χ1n) is 4.94. The first-order valence-corrected chi connectivity index (χ1v) is 4.94. The second-order valence-electron chi connectivity index (χ2n) is 3.29. The van der Waals surface area contributed by atoms with Gasteiger partial charge in [0.1, 0.15) is 17.2 Å². The third-order valence-corrected chi connectivity index (χ3v) is 2.42. The van der Waals surface area contributed by atoms with Gasteiger partial charge < -0.3 is 14.2 Å². The normalized spacial score (nSPS) is 11.2. The number of allylic oxidation sites excluding steroid dienone is 2. The van der Waals surface area contributed by atoms with Gasteiger partial charge in [0.2, 0.25) is 0 Å². The first-order chi connectivity index (χ1) is 7.67.